The zero-order chi connectivity index (χ0) is 37.9. The number of hydrogen-bond acceptors (Lipinski definition) is 6. The number of likely N-dealkylation sites (N-methyl/N-ethyl adjacent to an activating group) is 1. The molecule has 0 saturated heterocycles. The molecule has 0 rings (SSSR count). The van der Waals surface area contributed by atoms with Crippen molar-refractivity contribution in [3.8, 4) is 0 Å². The minimum Gasteiger partial charge on any atom is -0.756 e. The van der Waals surface area contributed by atoms with E-state index in [1.54, 1.807) is 6.08 Å². The molecule has 3 unspecified atom stereocenters. The number of aliphatic hydroxyl groups is 1. The van der Waals surface area contributed by atoms with Crippen LogP contribution in [-0.4, -0.2) is 68.5 Å². The van der Waals surface area contributed by atoms with Gasteiger partial charge in [0, 0.05) is 6.42 Å². The average Bonchev–Trinajstić information content (AvgIpc) is 3.07. The Kier molecular flexibility index (Phi) is 33.6. The molecule has 0 radical (unpaired) electrons. The van der Waals surface area contributed by atoms with Crippen LogP contribution in [0.5, 0.6) is 0 Å². The summed E-state index contributed by atoms with van der Waals surface area (Å²) < 4.78 is 23.1. The first-order chi connectivity index (χ1) is 24.5. The van der Waals surface area contributed by atoms with Gasteiger partial charge >= 0.3 is 0 Å². The maximum absolute atomic E-state index is 12.8. The minimum atomic E-state index is -4.59. The van der Waals surface area contributed by atoms with Crippen molar-refractivity contribution in [3.05, 3.63) is 36.5 Å². The van der Waals surface area contributed by atoms with Crippen molar-refractivity contribution in [2.45, 2.75) is 187 Å². The predicted octanol–water partition coefficient (Wildman–Crippen LogP) is 10.5. The summed E-state index contributed by atoms with van der Waals surface area (Å²) in [5.74, 6) is -0.215. The van der Waals surface area contributed by atoms with Gasteiger partial charge in [0.15, 0.2) is 0 Å². The van der Waals surface area contributed by atoms with Crippen molar-refractivity contribution in [1.82, 2.24) is 5.32 Å². The van der Waals surface area contributed by atoms with Crippen molar-refractivity contribution in [2.75, 3.05) is 40.9 Å². The smallest absolute Gasteiger partial charge is 0.268 e. The number of phosphoric acid groups is 1. The quantitative estimate of drug-likeness (QED) is 0.0284. The molecule has 0 fully saturated rings. The van der Waals surface area contributed by atoms with Crippen LogP contribution < -0.4 is 10.2 Å². The maximum Gasteiger partial charge on any atom is 0.268 e. The Morgan fingerprint density at radius 2 is 1.10 bits per heavy atom. The highest BCUT2D eigenvalue weighted by Gasteiger charge is 2.23. The van der Waals surface area contributed by atoms with E-state index in [2.05, 4.69) is 43.5 Å². The van der Waals surface area contributed by atoms with Crippen molar-refractivity contribution >= 4 is 13.7 Å². The molecule has 2 N–H and O–H groups in total. The first-order valence-electron chi connectivity index (χ1n) is 20.9. The van der Waals surface area contributed by atoms with Gasteiger partial charge in [-0.3, -0.25) is 9.36 Å². The van der Waals surface area contributed by atoms with Crippen LogP contribution in [0.3, 0.4) is 0 Å². The molecule has 0 aromatic rings. The Morgan fingerprint density at radius 3 is 1.61 bits per heavy atom. The molecule has 0 saturated carbocycles. The number of allylic oxidation sites excluding steroid dienone is 5. The van der Waals surface area contributed by atoms with Crippen LogP contribution in [-0.2, 0) is 18.4 Å². The topological polar surface area (TPSA) is 108 Å². The monoisotopic (exact) mass is 741 g/mol. The second kappa shape index (κ2) is 34.5. The van der Waals surface area contributed by atoms with E-state index in [9.17, 15) is 19.4 Å². The zero-order valence-electron chi connectivity index (χ0n) is 33.8. The van der Waals surface area contributed by atoms with Crippen LogP contribution in [0.1, 0.15) is 174 Å². The number of nitrogens with one attached hydrogen (secondary N) is 1. The molecule has 9 heteroatoms. The zero-order valence-corrected chi connectivity index (χ0v) is 34.7. The summed E-state index contributed by atoms with van der Waals surface area (Å²) in [4.78, 5) is 25.2. The number of aliphatic hydroxyl groups excluding tert-OH is 1. The summed E-state index contributed by atoms with van der Waals surface area (Å²) >= 11 is 0. The van der Waals surface area contributed by atoms with Crippen molar-refractivity contribution < 1.29 is 32.9 Å². The van der Waals surface area contributed by atoms with E-state index in [4.69, 9.17) is 9.05 Å². The molecule has 0 aliphatic carbocycles. The molecule has 8 nitrogen and oxygen atoms in total. The summed E-state index contributed by atoms with van der Waals surface area (Å²) in [7, 11) is 1.24. The predicted molar refractivity (Wildman–Crippen MR) is 215 cm³/mol. The first-order valence-corrected chi connectivity index (χ1v) is 22.3. The highest BCUT2D eigenvalue weighted by molar-refractivity contribution is 7.45. The van der Waals surface area contributed by atoms with Gasteiger partial charge in [-0.2, -0.15) is 0 Å². The Bertz CT molecular complexity index is 933. The van der Waals surface area contributed by atoms with Crippen molar-refractivity contribution in [1.29, 1.82) is 0 Å². The van der Waals surface area contributed by atoms with Gasteiger partial charge in [-0.1, -0.05) is 147 Å². The average molecular weight is 741 g/mol. The Labute approximate surface area is 315 Å². The fraction of sp³-hybridized carbons (Fsp3) is 0.833. The van der Waals surface area contributed by atoms with Crippen molar-refractivity contribution in [3.63, 3.8) is 0 Å². The van der Waals surface area contributed by atoms with Crippen LogP contribution >= 0.6 is 7.82 Å². The Balaban J connectivity index is 4.40. The van der Waals surface area contributed by atoms with E-state index in [0.717, 1.165) is 38.5 Å². The van der Waals surface area contributed by atoms with Crippen LogP contribution in [0.15, 0.2) is 36.5 Å². The van der Waals surface area contributed by atoms with E-state index >= 15 is 0 Å². The molecule has 0 aliphatic heterocycles. The maximum atomic E-state index is 12.8. The summed E-state index contributed by atoms with van der Waals surface area (Å²) in [5.41, 5.74) is 0. The molecular formula is C42H81N2O6P. The number of hydrogen-bond donors (Lipinski definition) is 2. The summed E-state index contributed by atoms with van der Waals surface area (Å²) in [5, 5.41) is 13.7. The summed E-state index contributed by atoms with van der Waals surface area (Å²) in [6, 6.07) is -0.901. The van der Waals surface area contributed by atoms with Gasteiger partial charge in [0.2, 0.25) is 5.91 Å². The minimum absolute atomic E-state index is 0.00761. The molecule has 1 amide bonds. The van der Waals surface area contributed by atoms with E-state index < -0.39 is 26.6 Å². The molecule has 300 valence electrons. The number of unbranched alkanes of at least 4 members (excludes halogenated alkanes) is 20. The van der Waals surface area contributed by atoms with Gasteiger partial charge in [0.1, 0.15) is 13.2 Å². The molecular weight excluding hydrogens is 659 g/mol. The normalized spacial score (nSPS) is 14.9. The van der Waals surface area contributed by atoms with E-state index in [1.807, 2.05) is 27.2 Å². The van der Waals surface area contributed by atoms with Gasteiger partial charge in [0.05, 0.1) is 39.9 Å². The number of nitrogens with zero attached hydrogens (tertiary/aromatic N) is 1. The third-order valence-corrected chi connectivity index (χ3v) is 10.0. The number of rotatable bonds is 37. The molecule has 0 aromatic carbocycles. The van der Waals surface area contributed by atoms with Gasteiger partial charge < -0.3 is 28.8 Å². The fourth-order valence-electron chi connectivity index (χ4n) is 5.69. The lowest BCUT2D eigenvalue weighted by Gasteiger charge is -2.29. The first kappa shape index (κ1) is 49.7. The second-order valence-electron chi connectivity index (χ2n) is 15.3. The highest BCUT2D eigenvalue weighted by Crippen LogP contribution is 2.38. The van der Waals surface area contributed by atoms with E-state index in [-0.39, 0.29) is 12.5 Å². The number of amides is 1. The van der Waals surface area contributed by atoms with Gasteiger partial charge in [-0.05, 0) is 57.8 Å². The van der Waals surface area contributed by atoms with Crippen LogP contribution in [0, 0.1) is 0 Å². The van der Waals surface area contributed by atoms with Crippen LogP contribution in [0.25, 0.3) is 0 Å². The van der Waals surface area contributed by atoms with Crippen LogP contribution in [0.2, 0.25) is 0 Å². The molecule has 3 atom stereocenters. The van der Waals surface area contributed by atoms with Gasteiger partial charge in [0.25, 0.3) is 7.82 Å². The highest BCUT2D eigenvalue weighted by atomic mass is 31.2. The molecule has 51 heavy (non-hydrogen) atoms. The molecule has 0 bridgehead atoms. The summed E-state index contributed by atoms with van der Waals surface area (Å²) in [6.07, 6.45) is 40.5. The Morgan fingerprint density at radius 1 is 0.667 bits per heavy atom. The lowest BCUT2D eigenvalue weighted by atomic mass is 10.1. The SMILES string of the molecule is CCCCCC/C=C/CC/C=C/C(O)C(COP(=O)([O-])OCC[N+](C)(C)C)NC(=O)CCCCCCCCC/C=C\CCCCCCCCCC. The van der Waals surface area contributed by atoms with E-state index in [1.165, 1.54) is 116 Å². The number of quaternary nitrogens is 1. The fourth-order valence-corrected chi connectivity index (χ4v) is 6.41. The largest absolute Gasteiger partial charge is 0.756 e. The number of carbonyl (C=O) groups is 1. The third kappa shape index (κ3) is 36.9. The van der Waals surface area contributed by atoms with Gasteiger partial charge in [-0.15, -0.1) is 0 Å². The standard InChI is InChI=1S/C42H81N2O6P/c1-6-8-10-12-14-16-18-19-20-21-22-23-24-25-26-28-30-32-34-36-42(46)43-40(39-50-51(47,48)49-38-37-44(3,4)5)41(45)35-33-31-29-27-17-15-13-11-9-7-2/h17,21-22,27,33,35,40-41,45H,6-16,18-20,23-26,28-32,34,36-39H2,1-5H3,(H-,43,46,47,48)/b22-21-,27-17+,35-33+. The second-order valence-corrected chi connectivity index (χ2v) is 16.7. The van der Waals surface area contributed by atoms with Gasteiger partial charge in [-0.25, -0.2) is 0 Å². The lowest BCUT2D eigenvalue weighted by Crippen LogP contribution is -2.45. The Hall–Kier alpha value is -1.28. The molecule has 0 spiro atoms. The number of carbonyl (C=O) groups excluding carboxylic acids is 1. The summed E-state index contributed by atoms with van der Waals surface area (Å²) in [6.45, 7) is 4.57. The van der Waals surface area contributed by atoms with Crippen LogP contribution in [0.4, 0.5) is 0 Å². The molecule has 0 aliphatic rings. The van der Waals surface area contributed by atoms with Crippen molar-refractivity contribution in [2.24, 2.45) is 0 Å². The molecule has 0 aromatic heterocycles. The third-order valence-electron chi connectivity index (χ3n) is 9.07. The lowest BCUT2D eigenvalue weighted by molar-refractivity contribution is -0.870. The number of phosphoric ester groups is 1. The van der Waals surface area contributed by atoms with E-state index in [0.29, 0.717) is 17.4 Å². The molecule has 0 heterocycles.